The molecule has 1 aliphatic rings. The van der Waals surface area contributed by atoms with Gasteiger partial charge in [0.1, 0.15) is 11.6 Å². The Morgan fingerprint density at radius 1 is 1.33 bits per heavy atom. The van der Waals surface area contributed by atoms with Crippen molar-refractivity contribution in [2.75, 3.05) is 16.8 Å². The highest BCUT2D eigenvalue weighted by molar-refractivity contribution is 6.03. The highest BCUT2D eigenvalue weighted by Crippen LogP contribution is 2.29. The van der Waals surface area contributed by atoms with Crippen LogP contribution in [0.3, 0.4) is 0 Å². The molecule has 3 rings (SSSR count). The molecule has 24 heavy (non-hydrogen) atoms. The van der Waals surface area contributed by atoms with Gasteiger partial charge in [0.05, 0.1) is 11.6 Å². The smallest absolute Gasteiger partial charge is 0.231 e. The van der Waals surface area contributed by atoms with Gasteiger partial charge in [0.25, 0.3) is 0 Å². The van der Waals surface area contributed by atoms with Crippen LogP contribution < -0.4 is 10.2 Å². The summed E-state index contributed by atoms with van der Waals surface area (Å²) in [6.45, 7) is -0.0409. The van der Waals surface area contributed by atoms with Gasteiger partial charge in [-0.15, -0.1) is 0 Å². The highest BCUT2D eigenvalue weighted by Gasteiger charge is 2.36. The molecular weight excluding hydrogens is 320 g/mol. The fourth-order valence-electron chi connectivity index (χ4n) is 2.53. The SMILES string of the molecule is O=C(Nc1ncccc1O)C1CC(=O)N(c2ccc(F)cc2F)C1. The Hall–Kier alpha value is -3.03. The maximum absolute atomic E-state index is 13.8. The van der Waals surface area contributed by atoms with Crippen LogP contribution in [0.25, 0.3) is 0 Å². The van der Waals surface area contributed by atoms with Crippen LogP contribution in [0.2, 0.25) is 0 Å². The number of pyridine rings is 1. The van der Waals surface area contributed by atoms with Gasteiger partial charge >= 0.3 is 0 Å². The van der Waals surface area contributed by atoms with Crippen molar-refractivity contribution in [3.05, 3.63) is 48.2 Å². The minimum Gasteiger partial charge on any atom is -0.504 e. The molecule has 0 spiro atoms. The van der Waals surface area contributed by atoms with Crippen LogP contribution in [-0.4, -0.2) is 28.4 Å². The molecule has 1 saturated heterocycles. The summed E-state index contributed by atoms with van der Waals surface area (Å²) >= 11 is 0. The molecule has 2 N–H and O–H groups in total. The third-order valence-corrected chi connectivity index (χ3v) is 3.72. The average Bonchev–Trinajstić information content (AvgIpc) is 2.91. The van der Waals surface area contributed by atoms with Crippen LogP contribution in [0.15, 0.2) is 36.5 Å². The summed E-state index contributed by atoms with van der Waals surface area (Å²) in [6, 6.07) is 5.76. The molecule has 1 unspecified atom stereocenters. The Labute approximate surface area is 135 Å². The molecule has 1 atom stereocenters. The first-order valence-electron chi connectivity index (χ1n) is 7.16. The standard InChI is InChI=1S/C16H13F2N3O3/c17-10-3-4-12(11(18)7-10)21-8-9(6-14(21)23)16(24)20-15-13(22)2-1-5-19-15/h1-5,7,9,22H,6,8H2,(H,19,20,24). The minimum absolute atomic E-state index is 0.0126. The summed E-state index contributed by atoms with van der Waals surface area (Å²) in [4.78, 5) is 29.2. The molecule has 124 valence electrons. The summed E-state index contributed by atoms with van der Waals surface area (Å²) in [5.41, 5.74) is -0.0719. The van der Waals surface area contributed by atoms with Gasteiger partial charge in [-0.3, -0.25) is 9.59 Å². The van der Waals surface area contributed by atoms with Crippen LogP contribution in [-0.2, 0) is 9.59 Å². The van der Waals surface area contributed by atoms with E-state index in [4.69, 9.17) is 0 Å². The lowest BCUT2D eigenvalue weighted by atomic mass is 10.1. The van der Waals surface area contributed by atoms with Crippen LogP contribution in [0.4, 0.5) is 20.3 Å². The second-order valence-corrected chi connectivity index (χ2v) is 5.36. The van der Waals surface area contributed by atoms with Crippen LogP contribution >= 0.6 is 0 Å². The number of carbonyl (C=O) groups excluding carboxylic acids is 2. The number of nitrogens with one attached hydrogen (secondary N) is 1. The lowest BCUT2D eigenvalue weighted by molar-refractivity contribution is -0.122. The lowest BCUT2D eigenvalue weighted by Gasteiger charge is -2.17. The van der Waals surface area contributed by atoms with Gasteiger partial charge in [-0.05, 0) is 24.3 Å². The van der Waals surface area contributed by atoms with E-state index in [9.17, 15) is 23.5 Å². The van der Waals surface area contributed by atoms with Crippen molar-refractivity contribution in [1.29, 1.82) is 0 Å². The molecule has 0 bridgehead atoms. The van der Waals surface area contributed by atoms with Gasteiger partial charge in [0.15, 0.2) is 11.6 Å². The molecule has 0 radical (unpaired) electrons. The number of nitrogens with zero attached hydrogens (tertiary/aromatic N) is 2. The molecule has 1 aromatic heterocycles. The zero-order chi connectivity index (χ0) is 17.3. The van der Waals surface area contributed by atoms with Crippen molar-refractivity contribution in [2.45, 2.75) is 6.42 Å². The number of aromatic nitrogens is 1. The van der Waals surface area contributed by atoms with E-state index in [-0.39, 0.29) is 30.2 Å². The lowest BCUT2D eigenvalue weighted by Crippen LogP contribution is -2.29. The number of carbonyl (C=O) groups is 2. The number of amides is 2. The predicted octanol–water partition coefficient (Wildman–Crippen LogP) is 2.06. The third-order valence-electron chi connectivity index (χ3n) is 3.72. The molecule has 2 amide bonds. The molecule has 8 heteroatoms. The number of aromatic hydroxyl groups is 1. The minimum atomic E-state index is -0.869. The van der Waals surface area contributed by atoms with E-state index >= 15 is 0 Å². The van der Waals surface area contributed by atoms with Crippen molar-refractivity contribution < 1.29 is 23.5 Å². The van der Waals surface area contributed by atoms with Crippen LogP contribution in [0, 0.1) is 17.6 Å². The van der Waals surface area contributed by atoms with E-state index < -0.39 is 29.4 Å². The molecule has 1 aliphatic heterocycles. The first kappa shape index (κ1) is 15.9. The number of rotatable bonds is 3. The van der Waals surface area contributed by atoms with Crippen molar-refractivity contribution in [3.8, 4) is 5.75 Å². The second kappa shape index (κ2) is 6.23. The number of hydrogen-bond donors (Lipinski definition) is 2. The first-order valence-corrected chi connectivity index (χ1v) is 7.16. The van der Waals surface area contributed by atoms with Gasteiger partial charge in [0, 0.05) is 25.2 Å². The number of anilines is 2. The molecule has 0 aliphatic carbocycles. The van der Waals surface area contributed by atoms with Gasteiger partial charge in [-0.25, -0.2) is 13.8 Å². The van der Waals surface area contributed by atoms with E-state index in [1.165, 1.54) is 18.3 Å². The Bertz CT molecular complexity index is 813. The number of halogens is 2. The summed E-state index contributed by atoms with van der Waals surface area (Å²) < 4.78 is 26.8. The Morgan fingerprint density at radius 2 is 2.12 bits per heavy atom. The largest absolute Gasteiger partial charge is 0.504 e. The van der Waals surface area contributed by atoms with Crippen molar-refractivity contribution in [1.82, 2.24) is 4.98 Å². The maximum atomic E-state index is 13.8. The highest BCUT2D eigenvalue weighted by atomic mass is 19.1. The number of benzene rings is 1. The quantitative estimate of drug-likeness (QED) is 0.901. The first-order chi connectivity index (χ1) is 11.5. The van der Waals surface area contributed by atoms with E-state index in [0.717, 1.165) is 17.0 Å². The van der Waals surface area contributed by atoms with E-state index in [0.29, 0.717) is 6.07 Å². The topological polar surface area (TPSA) is 82.5 Å². The van der Waals surface area contributed by atoms with Crippen LogP contribution in [0.1, 0.15) is 6.42 Å². The summed E-state index contributed by atoms with van der Waals surface area (Å²) in [7, 11) is 0. The average molecular weight is 333 g/mol. The van der Waals surface area contributed by atoms with E-state index in [2.05, 4.69) is 10.3 Å². The summed E-state index contributed by atoms with van der Waals surface area (Å²) in [5.74, 6) is -3.51. The van der Waals surface area contributed by atoms with E-state index in [1.807, 2.05) is 0 Å². The molecule has 2 heterocycles. The fraction of sp³-hybridized carbons (Fsp3) is 0.188. The molecule has 1 aromatic carbocycles. The zero-order valence-electron chi connectivity index (χ0n) is 12.4. The third kappa shape index (κ3) is 3.03. The van der Waals surface area contributed by atoms with Crippen LogP contribution in [0.5, 0.6) is 5.75 Å². The Kier molecular flexibility index (Phi) is 4.11. The normalized spacial score (nSPS) is 17.2. The van der Waals surface area contributed by atoms with Gasteiger partial charge in [-0.2, -0.15) is 0 Å². The van der Waals surface area contributed by atoms with Gasteiger partial charge in [-0.1, -0.05) is 0 Å². The van der Waals surface area contributed by atoms with Crippen molar-refractivity contribution >= 4 is 23.3 Å². The maximum Gasteiger partial charge on any atom is 0.231 e. The molecular formula is C16H13F2N3O3. The zero-order valence-corrected chi connectivity index (χ0v) is 12.4. The van der Waals surface area contributed by atoms with Crippen molar-refractivity contribution in [2.24, 2.45) is 5.92 Å². The van der Waals surface area contributed by atoms with Gasteiger partial charge < -0.3 is 15.3 Å². The second-order valence-electron chi connectivity index (χ2n) is 5.36. The summed E-state index contributed by atoms with van der Waals surface area (Å²) in [5, 5.41) is 12.0. The van der Waals surface area contributed by atoms with E-state index in [1.54, 1.807) is 0 Å². The Morgan fingerprint density at radius 3 is 2.83 bits per heavy atom. The molecule has 6 nitrogen and oxygen atoms in total. The predicted molar refractivity (Wildman–Crippen MR) is 81.3 cm³/mol. The monoisotopic (exact) mass is 333 g/mol. The van der Waals surface area contributed by atoms with Gasteiger partial charge in [0.2, 0.25) is 11.8 Å². The molecule has 2 aromatic rings. The molecule has 0 saturated carbocycles. The summed E-state index contributed by atoms with van der Waals surface area (Å²) in [6.07, 6.45) is 1.28. The number of hydrogen-bond acceptors (Lipinski definition) is 4. The fourth-order valence-corrected chi connectivity index (χ4v) is 2.53. The van der Waals surface area contributed by atoms with Crippen molar-refractivity contribution in [3.63, 3.8) is 0 Å². The molecule has 1 fully saturated rings. The Balaban J connectivity index is 1.74.